The van der Waals surface area contributed by atoms with Crippen molar-refractivity contribution in [3.63, 3.8) is 0 Å². The largest absolute Gasteiger partial charge is 0.326 e. The molecule has 2 rings (SSSR count). The molecule has 1 fully saturated rings. The molecule has 0 radical (unpaired) electrons. The SMILES string of the molecule is CCCC1NCC(c2ccc(CC)cc2)CC1N. The van der Waals surface area contributed by atoms with Crippen molar-refractivity contribution in [3.8, 4) is 0 Å². The van der Waals surface area contributed by atoms with Gasteiger partial charge in [0.15, 0.2) is 0 Å². The highest BCUT2D eigenvalue weighted by molar-refractivity contribution is 5.26. The lowest BCUT2D eigenvalue weighted by atomic mass is 9.84. The molecule has 0 amide bonds. The maximum absolute atomic E-state index is 6.29. The summed E-state index contributed by atoms with van der Waals surface area (Å²) in [5.74, 6) is 0.582. The average molecular weight is 246 g/mol. The van der Waals surface area contributed by atoms with Crippen molar-refractivity contribution >= 4 is 0 Å². The summed E-state index contributed by atoms with van der Waals surface area (Å²) in [6, 6.07) is 9.87. The molecule has 0 spiro atoms. The molecule has 100 valence electrons. The van der Waals surface area contributed by atoms with Crippen LogP contribution in [0, 0.1) is 0 Å². The van der Waals surface area contributed by atoms with Crippen LogP contribution in [0.25, 0.3) is 0 Å². The lowest BCUT2D eigenvalue weighted by molar-refractivity contribution is 0.306. The van der Waals surface area contributed by atoms with Gasteiger partial charge in [0.25, 0.3) is 0 Å². The minimum absolute atomic E-state index is 0.301. The molecular weight excluding hydrogens is 220 g/mol. The molecule has 18 heavy (non-hydrogen) atoms. The van der Waals surface area contributed by atoms with Gasteiger partial charge in [-0.25, -0.2) is 0 Å². The zero-order chi connectivity index (χ0) is 13.0. The Morgan fingerprint density at radius 3 is 2.50 bits per heavy atom. The maximum atomic E-state index is 6.29. The Morgan fingerprint density at radius 1 is 1.22 bits per heavy atom. The van der Waals surface area contributed by atoms with E-state index in [2.05, 4.69) is 43.4 Å². The van der Waals surface area contributed by atoms with E-state index >= 15 is 0 Å². The third kappa shape index (κ3) is 3.12. The van der Waals surface area contributed by atoms with Crippen LogP contribution in [0.15, 0.2) is 24.3 Å². The first-order chi connectivity index (χ1) is 8.74. The van der Waals surface area contributed by atoms with Crippen LogP contribution in [0.1, 0.15) is 50.2 Å². The van der Waals surface area contributed by atoms with E-state index in [1.807, 2.05) is 0 Å². The van der Waals surface area contributed by atoms with Gasteiger partial charge in [0.2, 0.25) is 0 Å². The van der Waals surface area contributed by atoms with Gasteiger partial charge in [0.1, 0.15) is 0 Å². The van der Waals surface area contributed by atoms with Crippen LogP contribution in [-0.2, 0) is 6.42 Å². The molecule has 1 aromatic carbocycles. The standard InChI is InChI=1S/C16H26N2/c1-3-5-16-15(17)10-14(11-18-16)13-8-6-12(4-2)7-9-13/h6-9,14-16,18H,3-5,10-11,17H2,1-2H3. The summed E-state index contributed by atoms with van der Waals surface area (Å²) in [6.07, 6.45) is 4.63. The summed E-state index contributed by atoms with van der Waals surface area (Å²) in [4.78, 5) is 0. The van der Waals surface area contributed by atoms with Gasteiger partial charge in [0, 0.05) is 18.6 Å². The van der Waals surface area contributed by atoms with Gasteiger partial charge in [-0.05, 0) is 36.3 Å². The number of piperidine rings is 1. The molecule has 0 bridgehead atoms. The second kappa shape index (κ2) is 6.35. The van der Waals surface area contributed by atoms with Crippen LogP contribution in [0.5, 0.6) is 0 Å². The molecule has 1 aromatic rings. The topological polar surface area (TPSA) is 38.0 Å². The highest BCUT2D eigenvalue weighted by Gasteiger charge is 2.27. The molecular formula is C16H26N2. The smallest absolute Gasteiger partial charge is 0.0219 e. The van der Waals surface area contributed by atoms with E-state index in [-0.39, 0.29) is 0 Å². The van der Waals surface area contributed by atoms with Crippen molar-refractivity contribution in [2.75, 3.05) is 6.54 Å². The van der Waals surface area contributed by atoms with Crippen LogP contribution < -0.4 is 11.1 Å². The first kappa shape index (κ1) is 13.6. The third-order valence-electron chi connectivity index (χ3n) is 4.16. The lowest BCUT2D eigenvalue weighted by Gasteiger charge is -2.35. The number of nitrogens with two attached hydrogens (primary N) is 1. The van der Waals surface area contributed by atoms with Gasteiger partial charge < -0.3 is 11.1 Å². The summed E-state index contributed by atoms with van der Waals surface area (Å²) >= 11 is 0. The fourth-order valence-corrected chi connectivity index (χ4v) is 2.93. The summed E-state index contributed by atoms with van der Waals surface area (Å²) in [5, 5.41) is 3.62. The fourth-order valence-electron chi connectivity index (χ4n) is 2.93. The molecule has 1 saturated heterocycles. The number of aryl methyl sites for hydroxylation is 1. The van der Waals surface area contributed by atoms with Crippen LogP contribution >= 0.6 is 0 Å². The van der Waals surface area contributed by atoms with Crippen molar-refractivity contribution in [2.24, 2.45) is 5.73 Å². The minimum Gasteiger partial charge on any atom is -0.326 e. The molecule has 3 N–H and O–H groups in total. The summed E-state index contributed by atoms with van der Waals surface area (Å²) in [5.41, 5.74) is 9.13. The number of benzene rings is 1. The first-order valence-electron chi connectivity index (χ1n) is 7.32. The lowest BCUT2D eigenvalue weighted by Crippen LogP contribution is -2.51. The van der Waals surface area contributed by atoms with E-state index in [9.17, 15) is 0 Å². The highest BCUT2D eigenvalue weighted by Crippen LogP contribution is 2.26. The number of hydrogen-bond acceptors (Lipinski definition) is 2. The van der Waals surface area contributed by atoms with Crippen molar-refractivity contribution in [2.45, 2.75) is 57.5 Å². The molecule has 3 unspecified atom stereocenters. The van der Waals surface area contributed by atoms with Crippen LogP contribution in [0.4, 0.5) is 0 Å². The first-order valence-corrected chi connectivity index (χ1v) is 7.32. The normalized spacial score (nSPS) is 28.3. The molecule has 0 aromatic heterocycles. The van der Waals surface area contributed by atoms with E-state index in [0.717, 1.165) is 19.4 Å². The number of hydrogen-bond donors (Lipinski definition) is 2. The second-order valence-corrected chi connectivity index (χ2v) is 5.50. The maximum Gasteiger partial charge on any atom is 0.0219 e. The van der Waals surface area contributed by atoms with Gasteiger partial charge in [-0.3, -0.25) is 0 Å². The predicted molar refractivity (Wildman–Crippen MR) is 77.9 cm³/mol. The van der Waals surface area contributed by atoms with Gasteiger partial charge in [-0.15, -0.1) is 0 Å². The van der Waals surface area contributed by atoms with Crippen LogP contribution in [0.3, 0.4) is 0 Å². The third-order valence-corrected chi connectivity index (χ3v) is 4.16. The second-order valence-electron chi connectivity index (χ2n) is 5.50. The quantitative estimate of drug-likeness (QED) is 0.857. The van der Waals surface area contributed by atoms with E-state index in [4.69, 9.17) is 5.73 Å². The van der Waals surface area contributed by atoms with Gasteiger partial charge >= 0.3 is 0 Å². The summed E-state index contributed by atoms with van der Waals surface area (Å²) in [6.45, 7) is 5.50. The summed E-state index contributed by atoms with van der Waals surface area (Å²) < 4.78 is 0. The number of rotatable bonds is 4. The van der Waals surface area contributed by atoms with Crippen LogP contribution in [0.2, 0.25) is 0 Å². The average Bonchev–Trinajstić information content (AvgIpc) is 2.41. The Hall–Kier alpha value is -0.860. The fraction of sp³-hybridized carbons (Fsp3) is 0.625. The van der Waals surface area contributed by atoms with Gasteiger partial charge in [0.05, 0.1) is 0 Å². The van der Waals surface area contributed by atoms with Crippen molar-refractivity contribution < 1.29 is 0 Å². The van der Waals surface area contributed by atoms with Crippen molar-refractivity contribution in [3.05, 3.63) is 35.4 Å². The zero-order valence-electron chi connectivity index (χ0n) is 11.7. The molecule has 1 aliphatic rings. The Bertz CT molecular complexity index is 358. The Labute approximate surface area is 111 Å². The number of nitrogens with one attached hydrogen (secondary N) is 1. The van der Waals surface area contributed by atoms with Crippen molar-refractivity contribution in [1.29, 1.82) is 0 Å². The zero-order valence-corrected chi connectivity index (χ0v) is 11.7. The monoisotopic (exact) mass is 246 g/mol. The van der Waals surface area contributed by atoms with Crippen molar-refractivity contribution in [1.82, 2.24) is 5.32 Å². The molecule has 2 nitrogen and oxygen atoms in total. The van der Waals surface area contributed by atoms with Crippen LogP contribution in [-0.4, -0.2) is 18.6 Å². The Morgan fingerprint density at radius 2 is 1.94 bits per heavy atom. The van der Waals surface area contributed by atoms with E-state index in [0.29, 0.717) is 18.0 Å². The van der Waals surface area contributed by atoms with E-state index in [1.54, 1.807) is 0 Å². The highest BCUT2D eigenvalue weighted by atomic mass is 15.0. The molecule has 1 heterocycles. The van der Waals surface area contributed by atoms with Gasteiger partial charge in [-0.1, -0.05) is 44.5 Å². The molecule has 0 saturated carbocycles. The summed E-state index contributed by atoms with van der Waals surface area (Å²) in [7, 11) is 0. The van der Waals surface area contributed by atoms with Gasteiger partial charge in [-0.2, -0.15) is 0 Å². The Balaban J connectivity index is 1.98. The predicted octanol–water partition coefficient (Wildman–Crippen LogP) is 2.82. The molecule has 3 atom stereocenters. The van der Waals surface area contributed by atoms with E-state index < -0.39 is 0 Å². The Kier molecular flexibility index (Phi) is 4.79. The minimum atomic E-state index is 0.301. The molecule has 0 aliphatic carbocycles. The van der Waals surface area contributed by atoms with E-state index in [1.165, 1.54) is 24.0 Å². The molecule has 2 heteroatoms. The molecule has 1 aliphatic heterocycles.